The smallest absolute Gasteiger partial charge is 0.213 e. The van der Waals surface area contributed by atoms with E-state index < -0.39 is 0 Å². The Morgan fingerprint density at radius 3 is 2.14 bits per heavy atom. The largest absolute Gasteiger partial charge is 0.348 e. The summed E-state index contributed by atoms with van der Waals surface area (Å²) in [5.74, 6) is 0.426. The Kier molecular flexibility index (Phi) is 6.55. The summed E-state index contributed by atoms with van der Waals surface area (Å²) in [5.41, 5.74) is 5.07. The Morgan fingerprint density at radius 1 is 0.966 bits per heavy atom. The number of hydrogen-bond acceptors (Lipinski definition) is 3. The highest BCUT2D eigenvalue weighted by atomic mass is 16.1. The molecular weight excluding hydrogens is 358 g/mol. The first-order chi connectivity index (χ1) is 14.0. The summed E-state index contributed by atoms with van der Waals surface area (Å²) in [6, 6.07) is 20.8. The molecule has 0 unspecified atom stereocenters. The predicted molar refractivity (Wildman–Crippen MR) is 120 cm³/mol. The van der Waals surface area contributed by atoms with Gasteiger partial charge in [-0.05, 0) is 25.8 Å². The van der Waals surface area contributed by atoms with Gasteiger partial charge in [-0.25, -0.2) is 0 Å². The van der Waals surface area contributed by atoms with Crippen molar-refractivity contribution in [2.75, 3.05) is 0 Å². The summed E-state index contributed by atoms with van der Waals surface area (Å²) in [4.78, 5) is 13.0. The highest BCUT2D eigenvalue weighted by Gasteiger charge is 2.16. The molecule has 0 aliphatic rings. The van der Waals surface area contributed by atoms with E-state index in [2.05, 4.69) is 48.5 Å². The number of Topliss-reactive ketones (excluding diaryl/α,β-unsaturated/α-hetero) is 1. The molecule has 0 N–H and O–H groups in total. The molecule has 0 spiro atoms. The lowest BCUT2D eigenvalue weighted by molar-refractivity contribution is 0.106. The van der Waals surface area contributed by atoms with Crippen molar-refractivity contribution < 1.29 is 4.79 Å². The maximum Gasteiger partial charge on any atom is 0.213 e. The van der Waals surface area contributed by atoms with Gasteiger partial charge in [0.15, 0.2) is 0 Å². The number of carbonyl (C=O) groups excluding carboxylic acids is 1. The molecule has 0 aliphatic heterocycles. The molecule has 0 atom stereocenters. The molecule has 2 aromatic carbocycles. The van der Waals surface area contributed by atoms with E-state index in [-0.39, 0.29) is 5.78 Å². The molecule has 0 radical (unpaired) electrons. The molecule has 0 fully saturated rings. The van der Waals surface area contributed by atoms with Crippen LogP contribution in [0.3, 0.4) is 0 Å². The SMILES string of the molecule is Cc1cc(C=NN=C(C(=O)c2ccccc2)c2ccccc2)c(C)n1CC(C)C. The van der Waals surface area contributed by atoms with E-state index in [9.17, 15) is 4.79 Å². The third-order valence-electron chi connectivity index (χ3n) is 4.81. The fraction of sp³-hybridized carbons (Fsp3) is 0.240. The van der Waals surface area contributed by atoms with Crippen molar-refractivity contribution in [2.24, 2.45) is 16.1 Å². The maximum atomic E-state index is 13.0. The third-order valence-corrected chi connectivity index (χ3v) is 4.81. The Balaban J connectivity index is 1.94. The fourth-order valence-corrected chi connectivity index (χ4v) is 3.31. The highest BCUT2D eigenvalue weighted by Crippen LogP contribution is 2.16. The Morgan fingerprint density at radius 2 is 1.55 bits per heavy atom. The van der Waals surface area contributed by atoms with Crippen LogP contribution in [0.5, 0.6) is 0 Å². The number of rotatable bonds is 7. The minimum absolute atomic E-state index is 0.140. The lowest BCUT2D eigenvalue weighted by atomic mass is 10.0. The summed E-state index contributed by atoms with van der Waals surface area (Å²) >= 11 is 0. The van der Waals surface area contributed by atoms with Gasteiger partial charge in [0.05, 0.1) is 6.21 Å². The number of ketones is 1. The molecule has 4 heteroatoms. The second-order valence-electron chi connectivity index (χ2n) is 7.59. The van der Waals surface area contributed by atoms with E-state index in [4.69, 9.17) is 0 Å². The van der Waals surface area contributed by atoms with Crippen LogP contribution in [0.15, 0.2) is 76.9 Å². The average Bonchev–Trinajstić information content (AvgIpc) is 2.99. The highest BCUT2D eigenvalue weighted by molar-refractivity contribution is 6.51. The van der Waals surface area contributed by atoms with E-state index in [1.165, 1.54) is 5.69 Å². The van der Waals surface area contributed by atoms with Gasteiger partial charge in [-0.3, -0.25) is 4.79 Å². The van der Waals surface area contributed by atoms with Crippen LogP contribution < -0.4 is 0 Å². The van der Waals surface area contributed by atoms with Crippen molar-refractivity contribution in [1.29, 1.82) is 0 Å². The molecule has 0 aliphatic carbocycles. The van der Waals surface area contributed by atoms with Crippen molar-refractivity contribution in [3.05, 3.63) is 94.8 Å². The minimum Gasteiger partial charge on any atom is -0.348 e. The molecule has 0 bridgehead atoms. The van der Waals surface area contributed by atoms with Crippen molar-refractivity contribution in [1.82, 2.24) is 4.57 Å². The van der Waals surface area contributed by atoms with Gasteiger partial charge in [0.2, 0.25) is 5.78 Å². The van der Waals surface area contributed by atoms with Crippen molar-refractivity contribution in [2.45, 2.75) is 34.2 Å². The zero-order chi connectivity index (χ0) is 20.8. The molecule has 0 amide bonds. The zero-order valence-electron chi connectivity index (χ0n) is 17.5. The lowest BCUT2D eigenvalue weighted by Gasteiger charge is -2.11. The van der Waals surface area contributed by atoms with Gasteiger partial charge < -0.3 is 4.57 Å². The Hall–Kier alpha value is -3.27. The number of nitrogens with zero attached hydrogens (tertiary/aromatic N) is 3. The fourth-order valence-electron chi connectivity index (χ4n) is 3.31. The zero-order valence-corrected chi connectivity index (χ0v) is 17.5. The van der Waals surface area contributed by atoms with Crippen LogP contribution in [-0.4, -0.2) is 22.3 Å². The van der Waals surface area contributed by atoms with Gasteiger partial charge in [0.25, 0.3) is 0 Å². The van der Waals surface area contributed by atoms with Crippen LogP contribution in [0.2, 0.25) is 0 Å². The van der Waals surface area contributed by atoms with E-state index in [0.717, 1.165) is 23.4 Å². The second kappa shape index (κ2) is 9.28. The van der Waals surface area contributed by atoms with Gasteiger partial charge in [-0.2, -0.15) is 5.10 Å². The first-order valence-corrected chi connectivity index (χ1v) is 9.90. The van der Waals surface area contributed by atoms with Crippen LogP contribution >= 0.6 is 0 Å². The maximum absolute atomic E-state index is 13.0. The third kappa shape index (κ3) is 4.96. The second-order valence-corrected chi connectivity index (χ2v) is 7.59. The van der Waals surface area contributed by atoms with Crippen LogP contribution in [0.4, 0.5) is 0 Å². The van der Waals surface area contributed by atoms with E-state index >= 15 is 0 Å². The summed E-state index contributed by atoms with van der Waals surface area (Å²) in [6.45, 7) is 9.57. The van der Waals surface area contributed by atoms with Gasteiger partial charge in [-0.1, -0.05) is 74.5 Å². The van der Waals surface area contributed by atoms with Crippen molar-refractivity contribution in [3.8, 4) is 0 Å². The molecule has 0 saturated carbocycles. The van der Waals surface area contributed by atoms with Crippen LogP contribution in [0, 0.1) is 19.8 Å². The first-order valence-electron chi connectivity index (χ1n) is 9.90. The quantitative estimate of drug-likeness (QED) is 0.302. The monoisotopic (exact) mass is 385 g/mol. The number of carbonyl (C=O) groups is 1. The molecule has 0 saturated heterocycles. The van der Waals surface area contributed by atoms with E-state index in [1.807, 2.05) is 48.5 Å². The molecule has 29 heavy (non-hydrogen) atoms. The molecular formula is C25H27N3O. The molecule has 148 valence electrons. The van der Waals surface area contributed by atoms with Crippen LogP contribution in [0.25, 0.3) is 0 Å². The van der Waals surface area contributed by atoms with Gasteiger partial charge in [0, 0.05) is 34.6 Å². The summed E-state index contributed by atoms with van der Waals surface area (Å²) in [6.07, 6.45) is 1.74. The van der Waals surface area contributed by atoms with Crippen molar-refractivity contribution >= 4 is 17.7 Å². The predicted octanol–water partition coefficient (Wildman–Crippen LogP) is 5.47. The number of aromatic nitrogens is 1. The molecule has 3 rings (SSSR count). The first kappa shape index (κ1) is 20.5. The normalized spacial score (nSPS) is 12.1. The van der Waals surface area contributed by atoms with Gasteiger partial charge >= 0.3 is 0 Å². The number of benzene rings is 2. The minimum atomic E-state index is -0.140. The van der Waals surface area contributed by atoms with Gasteiger partial charge in [-0.15, -0.1) is 5.10 Å². The average molecular weight is 386 g/mol. The molecule has 3 aromatic rings. The molecule has 1 aromatic heterocycles. The molecule has 1 heterocycles. The molecule has 4 nitrogen and oxygen atoms in total. The Bertz CT molecular complexity index is 1030. The topological polar surface area (TPSA) is 46.7 Å². The van der Waals surface area contributed by atoms with Gasteiger partial charge in [0.1, 0.15) is 5.71 Å². The van der Waals surface area contributed by atoms with Crippen LogP contribution in [-0.2, 0) is 6.54 Å². The standard InChI is InChI=1S/C25H27N3O/c1-18(2)17-28-19(3)15-23(20(28)4)16-26-27-24(21-11-7-5-8-12-21)25(29)22-13-9-6-10-14-22/h5-16,18H,17H2,1-4H3. The Labute approximate surface area is 172 Å². The number of hydrogen-bond donors (Lipinski definition) is 0. The van der Waals surface area contributed by atoms with E-state index in [1.54, 1.807) is 18.3 Å². The van der Waals surface area contributed by atoms with E-state index in [0.29, 0.717) is 17.2 Å². The van der Waals surface area contributed by atoms with Crippen molar-refractivity contribution in [3.63, 3.8) is 0 Å². The summed E-state index contributed by atoms with van der Waals surface area (Å²) in [5, 5.41) is 8.62. The number of aryl methyl sites for hydroxylation is 1. The van der Waals surface area contributed by atoms with Crippen LogP contribution in [0.1, 0.15) is 46.7 Å². The lowest BCUT2D eigenvalue weighted by Crippen LogP contribution is -2.15. The summed E-state index contributed by atoms with van der Waals surface area (Å²) < 4.78 is 2.29. The summed E-state index contributed by atoms with van der Waals surface area (Å²) in [7, 11) is 0.